The lowest BCUT2D eigenvalue weighted by Crippen LogP contribution is -2.35. The first-order valence-corrected chi connectivity index (χ1v) is 7.56. The fraction of sp³-hybridized carbons (Fsp3) is 0.0667. The predicted molar refractivity (Wildman–Crippen MR) is 91.2 cm³/mol. The normalized spacial score (nSPS) is 9.91. The molecular formula is C15H13BrClN3O2. The van der Waals surface area contributed by atoms with Crippen molar-refractivity contribution in [3.8, 4) is 0 Å². The Morgan fingerprint density at radius 3 is 2.41 bits per heavy atom. The summed E-state index contributed by atoms with van der Waals surface area (Å²) in [5.41, 5.74) is 1.21. The second kappa shape index (κ2) is 7.82. The predicted octanol–water partition coefficient (Wildman–Crippen LogP) is 3.86. The first kappa shape index (κ1) is 16.3. The standard InChI is InChI=1S/C15H13BrClN3O2/c16-10-4-6-12(7-5-10)19-14(21)9-18-15(22)20-13-3-1-2-11(17)8-13/h1-8H,9H2,(H,19,21)(H2,18,20,22). The van der Waals surface area contributed by atoms with Gasteiger partial charge in [-0.25, -0.2) is 4.79 Å². The van der Waals surface area contributed by atoms with Crippen LogP contribution in [0.5, 0.6) is 0 Å². The number of carbonyl (C=O) groups excluding carboxylic acids is 2. The average Bonchev–Trinajstić information content (AvgIpc) is 2.48. The molecule has 0 aromatic heterocycles. The van der Waals surface area contributed by atoms with Crippen LogP contribution < -0.4 is 16.0 Å². The summed E-state index contributed by atoms with van der Waals surface area (Å²) in [5, 5.41) is 8.25. The van der Waals surface area contributed by atoms with E-state index in [9.17, 15) is 9.59 Å². The van der Waals surface area contributed by atoms with E-state index in [1.54, 1.807) is 36.4 Å². The van der Waals surface area contributed by atoms with E-state index in [4.69, 9.17) is 11.6 Å². The smallest absolute Gasteiger partial charge is 0.319 e. The second-order valence-electron chi connectivity index (χ2n) is 4.37. The molecule has 0 saturated heterocycles. The number of anilines is 2. The first-order valence-electron chi connectivity index (χ1n) is 6.39. The summed E-state index contributed by atoms with van der Waals surface area (Å²) in [6.45, 7) is -0.136. The van der Waals surface area contributed by atoms with Crippen molar-refractivity contribution in [3.63, 3.8) is 0 Å². The minimum absolute atomic E-state index is 0.136. The van der Waals surface area contributed by atoms with E-state index in [2.05, 4.69) is 31.9 Å². The lowest BCUT2D eigenvalue weighted by Gasteiger charge is -2.08. The molecule has 0 radical (unpaired) electrons. The highest BCUT2D eigenvalue weighted by molar-refractivity contribution is 9.10. The second-order valence-corrected chi connectivity index (χ2v) is 5.73. The van der Waals surface area contributed by atoms with E-state index in [1.165, 1.54) is 0 Å². The molecule has 3 N–H and O–H groups in total. The zero-order valence-electron chi connectivity index (χ0n) is 11.4. The Bertz CT molecular complexity index is 677. The molecule has 0 aliphatic rings. The lowest BCUT2D eigenvalue weighted by atomic mass is 10.3. The molecule has 0 unspecified atom stereocenters. The van der Waals surface area contributed by atoms with Crippen molar-refractivity contribution in [1.82, 2.24) is 5.32 Å². The van der Waals surface area contributed by atoms with Crippen molar-refractivity contribution < 1.29 is 9.59 Å². The van der Waals surface area contributed by atoms with Gasteiger partial charge in [0.25, 0.3) is 0 Å². The van der Waals surface area contributed by atoms with Crippen LogP contribution in [0.4, 0.5) is 16.2 Å². The zero-order chi connectivity index (χ0) is 15.9. The summed E-state index contributed by atoms with van der Waals surface area (Å²) in [7, 11) is 0. The summed E-state index contributed by atoms with van der Waals surface area (Å²) in [5.74, 6) is -0.316. The molecule has 0 saturated carbocycles. The molecule has 3 amide bonds. The third-order valence-electron chi connectivity index (χ3n) is 2.62. The van der Waals surface area contributed by atoms with Gasteiger partial charge in [-0.05, 0) is 42.5 Å². The molecule has 114 valence electrons. The van der Waals surface area contributed by atoms with Crippen molar-refractivity contribution in [3.05, 3.63) is 58.0 Å². The highest BCUT2D eigenvalue weighted by Gasteiger charge is 2.06. The van der Waals surface area contributed by atoms with Crippen molar-refractivity contribution in [2.24, 2.45) is 0 Å². The molecule has 0 aliphatic carbocycles. The molecule has 0 fully saturated rings. The highest BCUT2D eigenvalue weighted by Crippen LogP contribution is 2.15. The fourth-order valence-corrected chi connectivity index (χ4v) is 2.10. The van der Waals surface area contributed by atoms with Gasteiger partial charge >= 0.3 is 6.03 Å². The summed E-state index contributed by atoms with van der Waals surface area (Å²) in [6.07, 6.45) is 0. The van der Waals surface area contributed by atoms with E-state index in [1.807, 2.05) is 12.1 Å². The molecule has 0 heterocycles. The summed E-state index contributed by atoms with van der Waals surface area (Å²) in [4.78, 5) is 23.4. The SMILES string of the molecule is O=C(CNC(=O)Nc1cccc(Cl)c1)Nc1ccc(Br)cc1. The Morgan fingerprint density at radius 2 is 1.73 bits per heavy atom. The van der Waals surface area contributed by atoms with Gasteiger partial charge in [-0.15, -0.1) is 0 Å². The molecule has 0 aliphatic heterocycles. The van der Waals surface area contributed by atoms with Gasteiger partial charge in [0.1, 0.15) is 0 Å². The van der Waals surface area contributed by atoms with Crippen molar-refractivity contribution in [2.75, 3.05) is 17.2 Å². The Balaban J connectivity index is 1.78. The van der Waals surface area contributed by atoms with Gasteiger partial charge in [0.15, 0.2) is 0 Å². The minimum atomic E-state index is -0.478. The van der Waals surface area contributed by atoms with E-state index < -0.39 is 6.03 Å². The Morgan fingerprint density at radius 1 is 1.00 bits per heavy atom. The molecule has 0 atom stereocenters. The number of benzene rings is 2. The number of amides is 3. The third-order valence-corrected chi connectivity index (χ3v) is 3.38. The Kier molecular flexibility index (Phi) is 5.80. The number of rotatable bonds is 4. The van der Waals surface area contributed by atoms with Crippen LogP contribution in [0.2, 0.25) is 5.02 Å². The van der Waals surface area contributed by atoms with Crippen LogP contribution in [0, 0.1) is 0 Å². The maximum absolute atomic E-state index is 11.7. The van der Waals surface area contributed by atoms with Gasteiger partial charge in [-0.2, -0.15) is 0 Å². The molecule has 2 rings (SSSR count). The number of hydrogen-bond donors (Lipinski definition) is 3. The molecule has 22 heavy (non-hydrogen) atoms. The number of halogens is 2. The Hall–Kier alpha value is -2.05. The number of urea groups is 1. The molecule has 2 aromatic carbocycles. The number of nitrogens with one attached hydrogen (secondary N) is 3. The van der Waals surface area contributed by atoms with E-state index in [-0.39, 0.29) is 12.5 Å². The van der Waals surface area contributed by atoms with E-state index >= 15 is 0 Å². The van der Waals surface area contributed by atoms with Crippen LogP contribution in [0.15, 0.2) is 53.0 Å². The van der Waals surface area contributed by atoms with Crippen molar-refractivity contribution in [1.29, 1.82) is 0 Å². The molecule has 0 spiro atoms. The summed E-state index contributed by atoms with van der Waals surface area (Å²) < 4.78 is 0.921. The number of hydrogen-bond acceptors (Lipinski definition) is 2. The lowest BCUT2D eigenvalue weighted by molar-refractivity contribution is -0.115. The topological polar surface area (TPSA) is 70.2 Å². The molecule has 7 heteroatoms. The zero-order valence-corrected chi connectivity index (χ0v) is 13.7. The fourth-order valence-electron chi connectivity index (χ4n) is 1.64. The van der Waals surface area contributed by atoms with Gasteiger partial charge in [0.2, 0.25) is 5.91 Å². The maximum Gasteiger partial charge on any atom is 0.319 e. The quantitative estimate of drug-likeness (QED) is 0.751. The van der Waals surface area contributed by atoms with Crippen molar-refractivity contribution in [2.45, 2.75) is 0 Å². The molecular weight excluding hydrogens is 370 g/mol. The van der Waals surface area contributed by atoms with Crippen LogP contribution in [0.3, 0.4) is 0 Å². The highest BCUT2D eigenvalue weighted by atomic mass is 79.9. The van der Waals surface area contributed by atoms with Gasteiger partial charge in [-0.1, -0.05) is 33.6 Å². The van der Waals surface area contributed by atoms with Crippen LogP contribution >= 0.6 is 27.5 Å². The summed E-state index contributed by atoms with van der Waals surface area (Å²) in [6, 6.07) is 13.4. The van der Waals surface area contributed by atoms with Gasteiger partial charge in [0.05, 0.1) is 6.54 Å². The Labute approximate surface area is 141 Å². The average molecular weight is 383 g/mol. The molecule has 0 bridgehead atoms. The largest absolute Gasteiger partial charge is 0.329 e. The minimum Gasteiger partial charge on any atom is -0.329 e. The van der Waals surface area contributed by atoms with Crippen LogP contribution in [0.1, 0.15) is 0 Å². The van der Waals surface area contributed by atoms with E-state index in [0.717, 1.165) is 4.47 Å². The van der Waals surface area contributed by atoms with E-state index in [0.29, 0.717) is 16.4 Å². The number of carbonyl (C=O) groups is 2. The molecule has 5 nitrogen and oxygen atoms in total. The monoisotopic (exact) mass is 381 g/mol. The van der Waals surface area contributed by atoms with Gasteiger partial charge in [-0.3, -0.25) is 4.79 Å². The first-order chi connectivity index (χ1) is 10.5. The third kappa shape index (κ3) is 5.38. The van der Waals surface area contributed by atoms with Gasteiger partial charge < -0.3 is 16.0 Å². The summed E-state index contributed by atoms with van der Waals surface area (Å²) >= 11 is 9.13. The van der Waals surface area contributed by atoms with Crippen LogP contribution in [-0.2, 0) is 4.79 Å². The van der Waals surface area contributed by atoms with Crippen molar-refractivity contribution >= 4 is 50.8 Å². The van der Waals surface area contributed by atoms with Crippen LogP contribution in [-0.4, -0.2) is 18.5 Å². The van der Waals surface area contributed by atoms with Gasteiger partial charge in [0, 0.05) is 20.9 Å². The van der Waals surface area contributed by atoms with Crippen LogP contribution in [0.25, 0.3) is 0 Å². The maximum atomic E-state index is 11.7. The molecule has 2 aromatic rings.